The molecule has 0 aromatic carbocycles. The van der Waals surface area contributed by atoms with Crippen LogP contribution in [0.2, 0.25) is 0 Å². The van der Waals surface area contributed by atoms with Crippen molar-refractivity contribution < 1.29 is 15.0 Å². The molecule has 0 saturated heterocycles. The fourth-order valence-corrected chi connectivity index (χ4v) is 2.17. The topological polar surface area (TPSA) is 69.6 Å². The van der Waals surface area contributed by atoms with Gasteiger partial charge in [0, 0.05) is 6.04 Å². The molecule has 1 aliphatic rings. The molecule has 0 heterocycles. The van der Waals surface area contributed by atoms with Crippen molar-refractivity contribution in [3.8, 4) is 0 Å². The van der Waals surface area contributed by atoms with Crippen LogP contribution in [0.1, 0.15) is 33.1 Å². The van der Waals surface area contributed by atoms with Gasteiger partial charge in [-0.3, -0.25) is 0 Å². The van der Waals surface area contributed by atoms with Crippen LogP contribution >= 0.6 is 0 Å². The fraction of sp³-hybridized carbons (Fsp3) is 0.889. The summed E-state index contributed by atoms with van der Waals surface area (Å²) in [6.45, 7) is 4.10. The second-order valence-corrected chi connectivity index (χ2v) is 4.61. The molecular weight excluding hydrogens is 170 g/mol. The van der Waals surface area contributed by atoms with Crippen LogP contribution in [-0.4, -0.2) is 28.5 Å². The van der Waals surface area contributed by atoms with Crippen LogP contribution in [0.4, 0.5) is 4.79 Å². The average Bonchev–Trinajstić information content (AvgIpc) is 1.78. The third kappa shape index (κ3) is 3.22. The fourth-order valence-electron chi connectivity index (χ4n) is 2.17. The van der Waals surface area contributed by atoms with E-state index in [1.54, 1.807) is 0 Å². The Labute approximate surface area is 78.0 Å². The van der Waals surface area contributed by atoms with Crippen LogP contribution in [0.15, 0.2) is 0 Å². The summed E-state index contributed by atoms with van der Waals surface area (Å²) >= 11 is 0. The number of aliphatic hydroxyl groups excluding tert-OH is 1. The normalized spacial score (nSPS) is 32.5. The molecule has 76 valence electrons. The molecule has 1 aliphatic carbocycles. The first-order valence-corrected chi connectivity index (χ1v) is 4.56. The molecule has 1 saturated carbocycles. The summed E-state index contributed by atoms with van der Waals surface area (Å²) in [4.78, 5) is 10.4. The Hall–Kier alpha value is -0.770. The molecule has 0 radical (unpaired) electrons. The van der Waals surface area contributed by atoms with Gasteiger partial charge in [0.25, 0.3) is 0 Å². The molecule has 1 amide bonds. The van der Waals surface area contributed by atoms with E-state index in [-0.39, 0.29) is 17.6 Å². The number of hydrogen-bond donors (Lipinski definition) is 3. The zero-order chi connectivity index (χ0) is 10.1. The molecule has 0 aromatic heterocycles. The number of rotatable bonds is 1. The molecule has 0 aliphatic heterocycles. The summed E-state index contributed by atoms with van der Waals surface area (Å²) in [5.74, 6) is 0. The van der Waals surface area contributed by atoms with Crippen molar-refractivity contribution in [1.29, 1.82) is 0 Å². The van der Waals surface area contributed by atoms with Gasteiger partial charge in [0.1, 0.15) is 0 Å². The van der Waals surface area contributed by atoms with E-state index < -0.39 is 6.09 Å². The SMILES string of the molecule is CC1(C)C[C@@H](O)C[C@H](NC(=O)O)C1. The Kier molecular flexibility index (Phi) is 2.81. The van der Waals surface area contributed by atoms with Gasteiger partial charge in [-0.1, -0.05) is 13.8 Å². The van der Waals surface area contributed by atoms with Crippen LogP contribution in [-0.2, 0) is 0 Å². The van der Waals surface area contributed by atoms with E-state index in [0.29, 0.717) is 6.42 Å². The molecule has 1 rings (SSSR count). The third-order valence-corrected chi connectivity index (χ3v) is 2.47. The molecule has 4 heteroatoms. The molecule has 3 N–H and O–H groups in total. The van der Waals surface area contributed by atoms with Crippen molar-refractivity contribution >= 4 is 6.09 Å². The molecule has 0 aromatic rings. The Morgan fingerprint density at radius 2 is 2.08 bits per heavy atom. The molecule has 0 unspecified atom stereocenters. The van der Waals surface area contributed by atoms with Crippen LogP contribution in [0, 0.1) is 5.41 Å². The van der Waals surface area contributed by atoms with Gasteiger partial charge in [0.05, 0.1) is 6.10 Å². The van der Waals surface area contributed by atoms with Crippen molar-refractivity contribution in [2.24, 2.45) is 5.41 Å². The van der Waals surface area contributed by atoms with Gasteiger partial charge in [-0.05, 0) is 24.7 Å². The third-order valence-electron chi connectivity index (χ3n) is 2.47. The highest BCUT2D eigenvalue weighted by atomic mass is 16.4. The maximum atomic E-state index is 10.4. The van der Waals surface area contributed by atoms with Gasteiger partial charge in [0.2, 0.25) is 0 Å². The summed E-state index contributed by atoms with van der Waals surface area (Å²) in [5.41, 5.74) is 0.0325. The zero-order valence-corrected chi connectivity index (χ0v) is 8.08. The van der Waals surface area contributed by atoms with Crippen LogP contribution in [0.25, 0.3) is 0 Å². The second kappa shape index (κ2) is 3.54. The summed E-state index contributed by atoms with van der Waals surface area (Å²) < 4.78 is 0. The number of nitrogens with one attached hydrogen (secondary N) is 1. The lowest BCUT2D eigenvalue weighted by Crippen LogP contribution is -2.44. The second-order valence-electron chi connectivity index (χ2n) is 4.61. The number of amides is 1. The van der Waals surface area contributed by atoms with Crippen molar-refractivity contribution in [3.05, 3.63) is 0 Å². The van der Waals surface area contributed by atoms with Gasteiger partial charge in [-0.15, -0.1) is 0 Å². The lowest BCUT2D eigenvalue weighted by Gasteiger charge is -2.37. The van der Waals surface area contributed by atoms with Crippen molar-refractivity contribution in [2.75, 3.05) is 0 Å². The smallest absolute Gasteiger partial charge is 0.404 e. The molecule has 2 atom stereocenters. The Balaban J connectivity index is 2.52. The lowest BCUT2D eigenvalue weighted by molar-refractivity contribution is 0.0473. The molecular formula is C9H17NO3. The van der Waals surface area contributed by atoms with E-state index >= 15 is 0 Å². The molecule has 0 bridgehead atoms. The summed E-state index contributed by atoms with van der Waals surface area (Å²) in [7, 11) is 0. The monoisotopic (exact) mass is 187 g/mol. The van der Waals surface area contributed by atoms with Crippen LogP contribution < -0.4 is 5.32 Å². The molecule has 4 nitrogen and oxygen atoms in total. The quantitative estimate of drug-likeness (QED) is 0.577. The summed E-state index contributed by atoms with van der Waals surface area (Å²) in [5, 5.41) is 20.4. The average molecular weight is 187 g/mol. The van der Waals surface area contributed by atoms with Gasteiger partial charge in [-0.25, -0.2) is 4.79 Å². The molecule has 1 fully saturated rings. The standard InChI is InChI=1S/C9H17NO3/c1-9(2)4-6(10-8(12)13)3-7(11)5-9/h6-7,10-11H,3-5H2,1-2H3,(H,12,13)/t6-,7-/m0/s1. The minimum atomic E-state index is -1.00. The predicted molar refractivity (Wildman–Crippen MR) is 48.6 cm³/mol. The Morgan fingerprint density at radius 3 is 2.54 bits per heavy atom. The first-order valence-electron chi connectivity index (χ1n) is 4.56. The van der Waals surface area contributed by atoms with E-state index in [2.05, 4.69) is 5.32 Å². The number of carbonyl (C=O) groups is 1. The first kappa shape index (κ1) is 10.3. The van der Waals surface area contributed by atoms with Gasteiger partial charge in [0.15, 0.2) is 0 Å². The van der Waals surface area contributed by atoms with Crippen molar-refractivity contribution in [1.82, 2.24) is 5.32 Å². The lowest BCUT2D eigenvalue weighted by atomic mass is 9.74. The van der Waals surface area contributed by atoms with Crippen LogP contribution in [0.5, 0.6) is 0 Å². The van der Waals surface area contributed by atoms with Crippen molar-refractivity contribution in [2.45, 2.75) is 45.3 Å². The minimum absolute atomic E-state index is 0.0325. The predicted octanol–water partition coefficient (Wildman–Crippen LogP) is 1.19. The Bertz CT molecular complexity index is 203. The minimum Gasteiger partial charge on any atom is -0.465 e. The van der Waals surface area contributed by atoms with E-state index in [1.807, 2.05) is 13.8 Å². The molecule has 13 heavy (non-hydrogen) atoms. The largest absolute Gasteiger partial charge is 0.465 e. The van der Waals surface area contributed by atoms with E-state index in [9.17, 15) is 9.90 Å². The Morgan fingerprint density at radius 1 is 1.46 bits per heavy atom. The highest BCUT2D eigenvalue weighted by molar-refractivity contribution is 5.64. The number of aliphatic hydroxyl groups is 1. The number of hydrogen-bond acceptors (Lipinski definition) is 2. The van der Waals surface area contributed by atoms with Gasteiger partial charge in [-0.2, -0.15) is 0 Å². The maximum Gasteiger partial charge on any atom is 0.404 e. The van der Waals surface area contributed by atoms with E-state index in [1.165, 1.54) is 0 Å². The highest BCUT2D eigenvalue weighted by Gasteiger charge is 2.33. The first-order chi connectivity index (χ1) is 5.89. The van der Waals surface area contributed by atoms with Gasteiger partial charge >= 0.3 is 6.09 Å². The number of carboxylic acid groups (broad SMARTS) is 1. The molecule has 0 spiro atoms. The van der Waals surface area contributed by atoms with Crippen LogP contribution in [0.3, 0.4) is 0 Å². The summed E-state index contributed by atoms with van der Waals surface area (Å²) in [6.07, 6.45) is 0.715. The van der Waals surface area contributed by atoms with E-state index in [4.69, 9.17) is 5.11 Å². The summed E-state index contributed by atoms with van der Waals surface area (Å²) in [6, 6.07) is -0.101. The van der Waals surface area contributed by atoms with Crippen molar-refractivity contribution in [3.63, 3.8) is 0 Å². The van der Waals surface area contributed by atoms with Gasteiger partial charge < -0.3 is 15.5 Å². The maximum absolute atomic E-state index is 10.4. The highest BCUT2D eigenvalue weighted by Crippen LogP contribution is 2.35. The van der Waals surface area contributed by atoms with E-state index in [0.717, 1.165) is 12.8 Å². The zero-order valence-electron chi connectivity index (χ0n) is 8.08.